The topological polar surface area (TPSA) is 66.0 Å². The monoisotopic (exact) mass is 400 g/mol. The smallest absolute Gasteiger partial charge is 0.242 e. The Hall–Kier alpha value is -2.08. The van der Waals surface area contributed by atoms with Gasteiger partial charge in [-0.15, -0.1) is 0 Å². The summed E-state index contributed by atoms with van der Waals surface area (Å²) >= 11 is 0. The number of amides is 1. The predicted octanol–water partition coefficient (Wildman–Crippen LogP) is 2.58. The molecule has 1 aromatic carbocycles. The molecule has 160 valence electrons. The Morgan fingerprint density at radius 2 is 2.00 bits per heavy atom. The molecule has 2 unspecified atom stereocenters. The van der Waals surface area contributed by atoms with Crippen LogP contribution in [0.4, 0.5) is 0 Å². The Bertz CT molecular complexity index is 726. The summed E-state index contributed by atoms with van der Waals surface area (Å²) in [5.41, 5.74) is 2.72. The van der Waals surface area contributed by atoms with Gasteiger partial charge in [-0.2, -0.15) is 0 Å². The molecule has 6 nitrogen and oxygen atoms in total. The van der Waals surface area contributed by atoms with Crippen LogP contribution in [0, 0.1) is 11.3 Å². The molecule has 1 saturated heterocycles. The summed E-state index contributed by atoms with van der Waals surface area (Å²) in [6.07, 6.45) is 3.40. The van der Waals surface area contributed by atoms with Gasteiger partial charge in [-0.25, -0.2) is 0 Å². The number of rotatable bonds is 4. The molecule has 2 atom stereocenters. The van der Waals surface area contributed by atoms with E-state index >= 15 is 0 Å². The second kappa shape index (κ2) is 9.61. The lowest BCUT2D eigenvalue weighted by Gasteiger charge is -2.40. The van der Waals surface area contributed by atoms with Gasteiger partial charge in [0.2, 0.25) is 5.91 Å². The first-order valence-corrected chi connectivity index (χ1v) is 10.8. The minimum atomic E-state index is 0.107. The molecular formula is C23H36N4O2. The molecule has 2 aliphatic rings. The third-order valence-electron chi connectivity index (χ3n) is 5.94. The van der Waals surface area contributed by atoms with Gasteiger partial charge in [0.05, 0.1) is 12.6 Å². The van der Waals surface area contributed by atoms with E-state index < -0.39 is 0 Å². The third-order valence-corrected chi connectivity index (χ3v) is 5.94. The van der Waals surface area contributed by atoms with Crippen LogP contribution in [0.5, 0.6) is 0 Å². The zero-order chi connectivity index (χ0) is 20.9. The summed E-state index contributed by atoms with van der Waals surface area (Å²) in [6.45, 7) is 10.1. The maximum atomic E-state index is 12.7. The predicted molar refractivity (Wildman–Crippen MR) is 117 cm³/mol. The first kappa shape index (κ1) is 21.6. The van der Waals surface area contributed by atoms with E-state index in [1.54, 1.807) is 7.05 Å². The molecule has 1 amide bonds. The number of guanidine groups is 1. The fraction of sp³-hybridized carbons (Fsp3) is 0.652. The lowest BCUT2D eigenvalue weighted by atomic mass is 9.78. The fourth-order valence-electron chi connectivity index (χ4n) is 4.44. The van der Waals surface area contributed by atoms with Gasteiger partial charge in [0.25, 0.3) is 0 Å². The van der Waals surface area contributed by atoms with Crippen LogP contribution in [0.3, 0.4) is 0 Å². The van der Waals surface area contributed by atoms with Crippen molar-refractivity contribution in [2.75, 3.05) is 33.3 Å². The van der Waals surface area contributed by atoms with Crippen LogP contribution in [0.2, 0.25) is 0 Å². The molecular weight excluding hydrogens is 364 g/mol. The van der Waals surface area contributed by atoms with E-state index in [0.717, 1.165) is 39.0 Å². The highest BCUT2D eigenvalue weighted by Gasteiger charge is 2.35. The minimum Gasteiger partial charge on any atom is -0.377 e. The summed E-state index contributed by atoms with van der Waals surface area (Å²) in [6, 6.07) is 8.37. The number of ether oxygens (including phenoxy) is 1. The summed E-state index contributed by atoms with van der Waals surface area (Å²) in [4.78, 5) is 18.9. The lowest BCUT2D eigenvalue weighted by Crippen LogP contribution is -2.49. The van der Waals surface area contributed by atoms with Gasteiger partial charge in [-0.1, -0.05) is 45.0 Å². The van der Waals surface area contributed by atoms with Crippen molar-refractivity contribution in [1.82, 2.24) is 15.5 Å². The van der Waals surface area contributed by atoms with E-state index in [9.17, 15) is 4.79 Å². The van der Waals surface area contributed by atoms with Gasteiger partial charge in [0.15, 0.2) is 5.96 Å². The Balaban J connectivity index is 1.47. The zero-order valence-electron chi connectivity index (χ0n) is 18.3. The highest BCUT2D eigenvalue weighted by molar-refractivity contribution is 5.86. The number of nitrogens with zero attached hydrogens (tertiary/aromatic N) is 2. The Morgan fingerprint density at radius 3 is 2.72 bits per heavy atom. The number of benzene rings is 1. The molecule has 0 saturated carbocycles. The summed E-state index contributed by atoms with van der Waals surface area (Å²) in [7, 11) is 1.75. The Morgan fingerprint density at radius 1 is 1.24 bits per heavy atom. The number of hydrogen-bond donors (Lipinski definition) is 2. The van der Waals surface area contributed by atoms with Crippen molar-refractivity contribution in [1.29, 1.82) is 0 Å². The van der Waals surface area contributed by atoms with Crippen molar-refractivity contribution in [2.24, 2.45) is 16.3 Å². The normalized spacial score (nSPS) is 22.8. The van der Waals surface area contributed by atoms with Crippen LogP contribution in [0.1, 0.15) is 44.7 Å². The number of carbonyl (C=O) groups excluding carboxylic acids is 1. The molecule has 2 aliphatic heterocycles. The van der Waals surface area contributed by atoms with Gasteiger partial charge >= 0.3 is 0 Å². The van der Waals surface area contributed by atoms with Crippen LogP contribution in [-0.4, -0.2) is 56.2 Å². The van der Waals surface area contributed by atoms with Crippen molar-refractivity contribution in [3.63, 3.8) is 0 Å². The second-order valence-electron chi connectivity index (χ2n) is 9.20. The fourth-order valence-corrected chi connectivity index (χ4v) is 4.44. The number of carbonyl (C=O) groups is 1. The third kappa shape index (κ3) is 5.72. The molecule has 6 heteroatoms. The maximum absolute atomic E-state index is 12.7. The lowest BCUT2D eigenvalue weighted by molar-refractivity contribution is -0.130. The quantitative estimate of drug-likeness (QED) is 0.602. The molecule has 1 aromatic rings. The summed E-state index contributed by atoms with van der Waals surface area (Å²) in [5, 5.41) is 6.59. The molecule has 2 N–H and O–H groups in total. The second-order valence-corrected chi connectivity index (χ2v) is 9.20. The average Bonchev–Trinajstić information content (AvgIpc) is 2.73. The molecule has 29 heavy (non-hydrogen) atoms. The largest absolute Gasteiger partial charge is 0.377 e. The zero-order valence-corrected chi connectivity index (χ0v) is 18.3. The van der Waals surface area contributed by atoms with E-state index in [1.165, 1.54) is 11.1 Å². The number of aliphatic imine (C=N–C) groups is 1. The highest BCUT2D eigenvalue weighted by Crippen LogP contribution is 2.33. The maximum Gasteiger partial charge on any atom is 0.242 e. The molecule has 0 aromatic heterocycles. The summed E-state index contributed by atoms with van der Waals surface area (Å²) in [5.74, 6) is 1.22. The first-order valence-electron chi connectivity index (χ1n) is 10.8. The van der Waals surface area contributed by atoms with Gasteiger partial charge in [0.1, 0.15) is 0 Å². The van der Waals surface area contributed by atoms with Crippen LogP contribution < -0.4 is 10.6 Å². The van der Waals surface area contributed by atoms with Crippen molar-refractivity contribution >= 4 is 11.9 Å². The van der Waals surface area contributed by atoms with Gasteiger partial charge in [-0.05, 0) is 35.8 Å². The van der Waals surface area contributed by atoms with E-state index in [4.69, 9.17) is 4.74 Å². The van der Waals surface area contributed by atoms with Crippen molar-refractivity contribution in [3.8, 4) is 0 Å². The number of hydrogen-bond acceptors (Lipinski definition) is 3. The molecule has 3 rings (SSSR count). The standard InChI is InChI=1S/C23H36N4O2/c1-23(2,3)21-18(10-7-13-29-21)14-25-22(24-4)26-15-20(28)27-12-11-17-8-5-6-9-19(17)16-27/h5-6,8-9,18,21H,7,10-16H2,1-4H3,(H2,24,25,26). The van der Waals surface area contributed by atoms with E-state index in [1.807, 2.05) is 11.0 Å². The number of nitrogens with one attached hydrogen (secondary N) is 2. The number of fused-ring (bicyclic) bond motifs is 1. The van der Waals surface area contributed by atoms with Crippen molar-refractivity contribution < 1.29 is 9.53 Å². The van der Waals surface area contributed by atoms with Gasteiger partial charge in [0, 0.05) is 39.2 Å². The average molecular weight is 401 g/mol. The SMILES string of the molecule is CN=C(NCC(=O)N1CCc2ccccc2C1)NCC1CCCOC1C(C)(C)C. The molecule has 0 bridgehead atoms. The van der Waals surface area contributed by atoms with Gasteiger partial charge in [-0.3, -0.25) is 9.79 Å². The first-order chi connectivity index (χ1) is 13.9. The van der Waals surface area contributed by atoms with E-state index in [2.05, 4.69) is 54.6 Å². The van der Waals surface area contributed by atoms with Gasteiger partial charge < -0.3 is 20.3 Å². The van der Waals surface area contributed by atoms with Crippen LogP contribution in [0.25, 0.3) is 0 Å². The Kier molecular flexibility index (Phi) is 7.17. The molecule has 0 aliphatic carbocycles. The van der Waals surface area contributed by atoms with Crippen LogP contribution >= 0.6 is 0 Å². The van der Waals surface area contributed by atoms with E-state index in [0.29, 0.717) is 18.4 Å². The minimum absolute atomic E-state index is 0.107. The molecule has 1 fully saturated rings. The van der Waals surface area contributed by atoms with Crippen molar-refractivity contribution in [3.05, 3.63) is 35.4 Å². The highest BCUT2D eigenvalue weighted by atomic mass is 16.5. The molecule has 2 heterocycles. The van der Waals surface area contributed by atoms with E-state index in [-0.39, 0.29) is 24.0 Å². The summed E-state index contributed by atoms with van der Waals surface area (Å²) < 4.78 is 6.07. The molecule has 0 spiro atoms. The Labute approximate surface area is 175 Å². The van der Waals surface area contributed by atoms with Crippen molar-refractivity contribution in [2.45, 2.75) is 52.7 Å². The van der Waals surface area contributed by atoms with Crippen LogP contribution in [-0.2, 0) is 22.5 Å². The molecule has 0 radical (unpaired) electrons. The van der Waals surface area contributed by atoms with Crippen LogP contribution in [0.15, 0.2) is 29.3 Å².